The van der Waals surface area contributed by atoms with Crippen LogP contribution >= 0.6 is 0 Å². The number of carbonyl (C=O) groups is 2. The fourth-order valence-corrected chi connectivity index (χ4v) is 5.65. The van der Waals surface area contributed by atoms with Gasteiger partial charge >= 0.3 is 30.7 Å². The van der Waals surface area contributed by atoms with Gasteiger partial charge in [0.25, 0.3) is 0 Å². The first-order valence-electron chi connectivity index (χ1n) is 13.9. The lowest BCUT2D eigenvalue weighted by molar-refractivity contribution is -0.147. The Morgan fingerprint density at radius 3 is 2.07 bits per heavy atom. The fourth-order valence-electron chi connectivity index (χ4n) is 5.65. The number of nitrogens with one attached hydrogen (secondary N) is 2. The Hall–Kier alpha value is -3.85. The van der Waals surface area contributed by atoms with Crippen LogP contribution in [0.4, 0.5) is 55.7 Å². The van der Waals surface area contributed by atoms with E-state index in [9.17, 15) is 49.1 Å². The van der Waals surface area contributed by atoms with Crippen LogP contribution in [0.1, 0.15) is 61.0 Å². The monoisotopic (exact) mass is 655 g/mol. The summed E-state index contributed by atoms with van der Waals surface area (Å²) >= 11 is 0. The Labute approximate surface area is 252 Å². The standard InChI is InChI=1S/C29H30F9N3O4/c1-15-24(18-9-20(27(30,31)32)12-21(10-18)28(33,34)35)45-26(43)41(15)14-19-11-22(40-29(36,37)38)7-8-23(19)39-13-16-3-5-17(6-4-16)25(42)44-2/h7-12,15-17,24,39-40H,3-6,13-14H2,1-2H3/t15-,16?,17?,24-/m0/s1. The van der Waals surface area contributed by atoms with Crippen molar-refractivity contribution in [1.29, 1.82) is 0 Å². The number of anilines is 2. The molecule has 2 aliphatic rings. The van der Waals surface area contributed by atoms with Crippen LogP contribution in [0.15, 0.2) is 36.4 Å². The number of ether oxygens (including phenoxy) is 2. The maximum atomic E-state index is 13.4. The minimum Gasteiger partial charge on any atom is -0.469 e. The Kier molecular flexibility index (Phi) is 9.73. The van der Waals surface area contributed by atoms with Gasteiger partial charge in [0.05, 0.1) is 36.7 Å². The minimum atomic E-state index is -5.12. The van der Waals surface area contributed by atoms with Gasteiger partial charge in [-0.3, -0.25) is 15.0 Å². The van der Waals surface area contributed by atoms with E-state index in [2.05, 4.69) is 5.32 Å². The van der Waals surface area contributed by atoms with Crippen LogP contribution in [0.2, 0.25) is 0 Å². The fraction of sp³-hybridized carbons (Fsp3) is 0.517. The molecule has 2 aromatic rings. The molecule has 0 bridgehead atoms. The highest BCUT2D eigenvalue weighted by Crippen LogP contribution is 2.41. The van der Waals surface area contributed by atoms with Crippen LogP contribution in [0.3, 0.4) is 0 Å². The van der Waals surface area contributed by atoms with Gasteiger partial charge in [-0.1, -0.05) is 0 Å². The maximum Gasteiger partial charge on any atom is 0.482 e. The zero-order valence-electron chi connectivity index (χ0n) is 24.0. The highest BCUT2D eigenvalue weighted by atomic mass is 19.4. The summed E-state index contributed by atoms with van der Waals surface area (Å²) in [5.74, 6) is -0.383. The lowest BCUT2D eigenvalue weighted by atomic mass is 9.82. The van der Waals surface area contributed by atoms with Crippen LogP contribution in [0, 0.1) is 11.8 Å². The van der Waals surface area contributed by atoms with E-state index in [1.807, 2.05) is 0 Å². The van der Waals surface area contributed by atoms with Crippen molar-refractivity contribution in [2.75, 3.05) is 24.3 Å². The molecular weight excluding hydrogens is 625 g/mol. The molecule has 1 amide bonds. The Morgan fingerprint density at radius 1 is 0.933 bits per heavy atom. The van der Waals surface area contributed by atoms with Gasteiger partial charge in [-0.05, 0) is 86.1 Å². The average molecular weight is 656 g/mol. The topological polar surface area (TPSA) is 79.9 Å². The third kappa shape index (κ3) is 8.45. The molecule has 7 nitrogen and oxygen atoms in total. The molecule has 4 rings (SSSR count). The van der Waals surface area contributed by atoms with Gasteiger partial charge in [-0.2, -0.15) is 39.5 Å². The molecule has 1 saturated heterocycles. The second-order valence-electron chi connectivity index (χ2n) is 11.1. The number of methoxy groups -OCH3 is 1. The van der Waals surface area contributed by atoms with Crippen molar-refractivity contribution in [2.24, 2.45) is 11.8 Å². The summed E-state index contributed by atoms with van der Waals surface area (Å²) in [4.78, 5) is 25.7. The van der Waals surface area contributed by atoms with Crippen molar-refractivity contribution in [3.05, 3.63) is 58.7 Å². The highest BCUT2D eigenvalue weighted by molar-refractivity contribution is 5.73. The molecule has 248 valence electrons. The summed E-state index contributed by atoms with van der Waals surface area (Å²) in [6.07, 6.45) is -15.0. The summed E-state index contributed by atoms with van der Waals surface area (Å²) in [6, 6.07) is 3.50. The summed E-state index contributed by atoms with van der Waals surface area (Å²) < 4.78 is 130. The summed E-state index contributed by atoms with van der Waals surface area (Å²) in [6.45, 7) is 1.38. The molecule has 1 aliphatic heterocycles. The molecule has 0 unspecified atom stereocenters. The third-order valence-corrected chi connectivity index (χ3v) is 8.03. The van der Waals surface area contributed by atoms with E-state index in [-0.39, 0.29) is 41.7 Å². The van der Waals surface area contributed by atoms with Crippen molar-refractivity contribution >= 4 is 23.4 Å². The molecule has 16 heteroatoms. The number of alkyl halides is 9. The van der Waals surface area contributed by atoms with Crippen molar-refractivity contribution in [3.63, 3.8) is 0 Å². The van der Waals surface area contributed by atoms with Gasteiger partial charge in [-0.25, -0.2) is 4.79 Å². The number of halogens is 9. The zero-order valence-corrected chi connectivity index (χ0v) is 24.0. The van der Waals surface area contributed by atoms with Crippen molar-refractivity contribution in [2.45, 2.75) is 70.0 Å². The molecule has 0 spiro atoms. The third-order valence-electron chi connectivity index (χ3n) is 8.03. The van der Waals surface area contributed by atoms with Crippen LogP contribution < -0.4 is 10.6 Å². The number of hydrogen-bond donors (Lipinski definition) is 2. The number of nitrogens with zero attached hydrogens (tertiary/aromatic N) is 1. The second-order valence-corrected chi connectivity index (χ2v) is 11.1. The smallest absolute Gasteiger partial charge is 0.469 e. The molecule has 2 N–H and O–H groups in total. The predicted molar refractivity (Wildman–Crippen MR) is 143 cm³/mol. The lowest BCUT2D eigenvalue weighted by Gasteiger charge is -2.28. The number of amides is 1. The molecule has 0 aromatic heterocycles. The maximum absolute atomic E-state index is 13.4. The quantitative estimate of drug-likeness (QED) is 0.170. The first-order valence-corrected chi connectivity index (χ1v) is 13.9. The van der Waals surface area contributed by atoms with Crippen molar-refractivity contribution in [3.8, 4) is 0 Å². The Morgan fingerprint density at radius 2 is 1.53 bits per heavy atom. The number of esters is 1. The van der Waals surface area contributed by atoms with Crippen LogP contribution in [0.5, 0.6) is 0 Å². The van der Waals surface area contributed by atoms with Crippen LogP contribution in [-0.4, -0.2) is 43.0 Å². The molecule has 1 aliphatic carbocycles. The van der Waals surface area contributed by atoms with E-state index in [1.165, 1.54) is 31.5 Å². The molecule has 2 atom stereocenters. The average Bonchev–Trinajstić information content (AvgIpc) is 3.23. The first-order chi connectivity index (χ1) is 20.9. The molecule has 2 aromatic carbocycles. The van der Waals surface area contributed by atoms with E-state index in [1.54, 1.807) is 0 Å². The number of hydrogen-bond acceptors (Lipinski definition) is 6. The van der Waals surface area contributed by atoms with E-state index in [4.69, 9.17) is 9.47 Å². The predicted octanol–water partition coefficient (Wildman–Crippen LogP) is 8.13. The lowest BCUT2D eigenvalue weighted by Crippen LogP contribution is -2.32. The van der Waals surface area contributed by atoms with E-state index >= 15 is 0 Å². The van der Waals surface area contributed by atoms with Gasteiger partial charge in [0.2, 0.25) is 0 Å². The van der Waals surface area contributed by atoms with Gasteiger partial charge in [-0.15, -0.1) is 0 Å². The van der Waals surface area contributed by atoms with Crippen molar-refractivity contribution in [1.82, 2.24) is 4.90 Å². The molecule has 1 heterocycles. The largest absolute Gasteiger partial charge is 0.482 e. The number of cyclic esters (lactones) is 1. The Balaban J connectivity index is 1.57. The van der Waals surface area contributed by atoms with Gasteiger partial charge in [0, 0.05) is 17.9 Å². The molecular formula is C29H30F9N3O4. The molecule has 0 radical (unpaired) electrons. The van der Waals surface area contributed by atoms with E-state index < -0.39 is 53.6 Å². The van der Waals surface area contributed by atoms with Gasteiger partial charge in [0.15, 0.2) is 0 Å². The van der Waals surface area contributed by atoms with Gasteiger partial charge in [0.1, 0.15) is 6.10 Å². The second kappa shape index (κ2) is 12.9. The highest BCUT2D eigenvalue weighted by Gasteiger charge is 2.43. The number of carbonyl (C=O) groups excluding carboxylic acids is 2. The molecule has 2 fully saturated rings. The van der Waals surface area contributed by atoms with Crippen LogP contribution in [0.25, 0.3) is 0 Å². The molecule has 45 heavy (non-hydrogen) atoms. The van der Waals surface area contributed by atoms with Gasteiger partial charge < -0.3 is 14.8 Å². The minimum absolute atomic E-state index is 0.0400. The SMILES string of the molecule is COC(=O)C1CCC(CNc2ccc(NC(F)(F)F)cc2CN2C(=O)O[C@H](c3cc(C(F)(F)F)cc(C(F)(F)F)c3)[C@@H]2C)CC1. The summed E-state index contributed by atoms with van der Waals surface area (Å²) in [5.41, 5.74) is -3.49. The van der Waals surface area contributed by atoms with E-state index in [0.717, 1.165) is 11.0 Å². The van der Waals surface area contributed by atoms with Crippen LogP contribution in [-0.2, 0) is 33.2 Å². The first kappa shape index (κ1) is 34.0. The Bertz CT molecular complexity index is 1350. The normalized spacial score (nSPS) is 22.6. The summed E-state index contributed by atoms with van der Waals surface area (Å²) in [5, 5.41) is 4.55. The zero-order chi connectivity index (χ0) is 33.3. The number of rotatable bonds is 8. The van der Waals surface area contributed by atoms with E-state index in [0.29, 0.717) is 50.0 Å². The summed E-state index contributed by atoms with van der Waals surface area (Å²) in [7, 11) is 1.31. The van der Waals surface area contributed by atoms with Crippen molar-refractivity contribution < 1.29 is 58.6 Å². The number of benzene rings is 2. The molecule has 1 saturated carbocycles.